The van der Waals surface area contributed by atoms with Crippen LogP contribution in [0.4, 0.5) is 0 Å². The Kier molecular flexibility index (Phi) is 3.85. The molecule has 0 atom stereocenters. The summed E-state index contributed by atoms with van der Waals surface area (Å²) in [5.74, 6) is 0.577. The molecule has 58 valence electrons. The molecule has 0 aromatic rings. The minimum absolute atomic E-state index is 0.577. The van der Waals surface area contributed by atoms with Gasteiger partial charge in [-0.1, -0.05) is 26.5 Å². The molecule has 0 saturated carbocycles. The van der Waals surface area contributed by atoms with Gasteiger partial charge >= 0.3 is 0 Å². The predicted molar refractivity (Wildman–Crippen MR) is 46.6 cm³/mol. The molecule has 0 aliphatic rings. The molecule has 0 unspecified atom stereocenters. The van der Waals surface area contributed by atoms with Gasteiger partial charge in [-0.05, 0) is 19.0 Å². The molecule has 0 rings (SSSR count). The summed E-state index contributed by atoms with van der Waals surface area (Å²) < 4.78 is 0. The zero-order valence-electron chi connectivity index (χ0n) is 7.39. The summed E-state index contributed by atoms with van der Waals surface area (Å²) in [6.07, 6.45) is 3.95. The van der Waals surface area contributed by atoms with Crippen molar-refractivity contribution in [1.82, 2.24) is 4.90 Å². The molecular formula is C9H17N. The second kappa shape index (κ2) is 4.15. The van der Waals surface area contributed by atoms with E-state index in [1.54, 1.807) is 0 Å². The normalized spacial score (nSPS) is 11.9. The van der Waals surface area contributed by atoms with Crippen LogP contribution in [0, 0.1) is 5.92 Å². The first-order valence-corrected chi connectivity index (χ1v) is 3.65. The van der Waals surface area contributed by atoms with Crippen molar-refractivity contribution in [3.63, 3.8) is 0 Å². The second-order valence-electron chi connectivity index (χ2n) is 2.66. The van der Waals surface area contributed by atoms with E-state index in [4.69, 9.17) is 0 Å². The molecular weight excluding hydrogens is 122 g/mol. The molecule has 1 heteroatoms. The molecule has 10 heavy (non-hydrogen) atoms. The fourth-order valence-electron chi connectivity index (χ4n) is 1.05. The van der Waals surface area contributed by atoms with Gasteiger partial charge in [-0.3, -0.25) is 0 Å². The summed E-state index contributed by atoms with van der Waals surface area (Å²) in [7, 11) is 2.02. The van der Waals surface area contributed by atoms with Crippen LogP contribution in [0.1, 0.15) is 20.8 Å². The Morgan fingerprint density at radius 2 is 2.00 bits per heavy atom. The summed E-state index contributed by atoms with van der Waals surface area (Å²) >= 11 is 0. The number of allylic oxidation sites excluding steroid dienone is 2. The Bertz CT molecular complexity index is 134. The predicted octanol–water partition coefficient (Wildman–Crippen LogP) is 2.62. The minimum atomic E-state index is 0.577. The van der Waals surface area contributed by atoms with Crippen LogP contribution in [0.2, 0.25) is 0 Å². The highest BCUT2D eigenvalue weighted by Crippen LogP contribution is 2.12. The van der Waals surface area contributed by atoms with Gasteiger partial charge in [0.25, 0.3) is 0 Å². The molecule has 0 heterocycles. The van der Waals surface area contributed by atoms with Crippen molar-refractivity contribution in [2.75, 3.05) is 7.05 Å². The first-order chi connectivity index (χ1) is 4.63. The summed E-state index contributed by atoms with van der Waals surface area (Å²) in [5.41, 5.74) is 1.31. The molecule has 0 amide bonds. The second-order valence-corrected chi connectivity index (χ2v) is 2.66. The van der Waals surface area contributed by atoms with Crippen LogP contribution in [0.25, 0.3) is 0 Å². The minimum Gasteiger partial charge on any atom is -0.355 e. The zero-order chi connectivity index (χ0) is 8.15. The third kappa shape index (κ3) is 2.26. The van der Waals surface area contributed by atoms with Crippen molar-refractivity contribution in [3.8, 4) is 0 Å². The van der Waals surface area contributed by atoms with Gasteiger partial charge in [-0.2, -0.15) is 0 Å². The third-order valence-electron chi connectivity index (χ3n) is 1.57. The summed E-state index contributed by atoms with van der Waals surface area (Å²) in [5, 5.41) is 0. The number of hydrogen-bond acceptors (Lipinski definition) is 1. The lowest BCUT2D eigenvalue weighted by Crippen LogP contribution is -2.13. The van der Waals surface area contributed by atoms with E-state index in [1.807, 2.05) is 18.1 Å². The fourth-order valence-corrected chi connectivity index (χ4v) is 1.05. The third-order valence-corrected chi connectivity index (χ3v) is 1.57. The summed E-state index contributed by atoms with van der Waals surface area (Å²) in [4.78, 5) is 2.05. The van der Waals surface area contributed by atoms with Crippen LogP contribution in [-0.4, -0.2) is 11.9 Å². The lowest BCUT2D eigenvalue weighted by Gasteiger charge is -2.20. The molecule has 0 radical (unpaired) electrons. The molecule has 0 aliphatic carbocycles. The first kappa shape index (κ1) is 9.28. The monoisotopic (exact) mass is 139 g/mol. The van der Waals surface area contributed by atoms with E-state index in [2.05, 4.69) is 33.4 Å². The van der Waals surface area contributed by atoms with Crippen LogP contribution in [0.3, 0.4) is 0 Å². The topological polar surface area (TPSA) is 3.24 Å². The Balaban J connectivity index is 4.22. The molecule has 0 spiro atoms. The Morgan fingerprint density at radius 1 is 1.50 bits per heavy atom. The zero-order valence-corrected chi connectivity index (χ0v) is 7.39. The largest absolute Gasteiger partial charge is 0.355 e. The smallest absolute Gasteiger partial charge is 0.0153 e. The standard InChI is InChI=1S/C9H17N/c1-6-9(8(3)4)10(5)7-2/h6-8H,2H2,1,3-5H3/b9-6-. The van der Waals surface area contributed by atoms with E-state index in [0.29, 0.717) is 5.92 Å². The van der Waals surface area contributed by atoms with Crippen LogP contribution < -0.4 is 0 Å². The van der Waals surface area contributed by atoms with Gasteiger partial charge in [0.15, 0.2) is 0 Å². The van der Waals surface area contributed by atoms with Crippen LogP contribution >= 0.6 is 0 Å². The van der Waals surface area contributed by atoms with E-state index in [0.717, 1.165) is 0 Å². The average molecular weight is 139 g/mol. The highest BCUT2D eigenvalue weighted by atomic mass is 15.1. The molecule has 0 saturated heterocycles. The quantitative estimate of drug-likeness (QED) is 0.581. The molecule has 0 N–H and O–H groups in total. The lowest BCUT2D eigenvalue weighted by atomic mass is 10.1. The van der Waals surface area contributed by atoms with Crippen molar-refractivity contribution < 1.29 is 0 Å². The van der Waals surface area contributed by atoms with Crippen molar-refractivity contribution in [1.29, 1.82) is 0 Å². The van der Waals surface area contributed by atoms with Gasteiger partial charge in [0.2, 0.25) is 0 Å². The van der Waals surface area contributed by atoms with E-state index in [1.165, 1.54) is 5.70 Å². The van der Waals surface area contributed by atoms with E-state index < -0.39 is 0 Å². The molecule has 1 nitrogen and oxygen atoms in total. The van der Waals surface area contributed by atoms with Gasteiger partial charge in [0.05, 0.1) is 0 Å². The maximum absolute atomic E-state index is 3.70. The number of hydrogen-bond donors (Lipinski definition) is 0. The van der Waals surface area contributed by atoms with E-state index >= 15 is 0 Å². The molecule has 0 aliphatic heterocycles. The lowest BCUT2D eigenvalue weighted by molar-refractivity contribution is 0.488. The SMILES string of the molecule is C=CN(C)/C(=C\C)C(C)C. The van der Waals surface area contributed by atoms with Crippen molar-refractivity contribution >= 4 is 0 Å². The summed E-state index contributed by atoms with van der Waals surface area (Å²) in [6, 6.07) is 0. The van der Waals surface area contributed by atoms with Crippen LogP contribution in [-0.2, 0) is 0 Å². The maximum Gasteiger partial charge on any atom is 0.0153 e. The van der Waals surface area contributed by atoms with Gasteiger partial charge in [-0.25, -0.2) is 0 Å². The van der Waals surface area contributed by atoms with Crippen molar-refractivity contribution in [2.45, 2.75) is 20.8 Å². The van der Waals surface area contributed by atoms with E-state index in [9.17, 15) is 0 Å². The maximum atomic E-state index is 3.70. The van der Waals surface area contributed by atoms with Crippen molar-refractivity contribution in [3.05, 3.63) is 24.6 Å². The number of nitrogens with zero attached hydrogens (tertiary/aromatic N) is 1. The molecule has 0 fully saturated rings. The Labute approximate surface area is 64.0 Å². The molecule has 0 bridgehead atoms. The number of rotatable bonds is 3. The molecule has 0 aromatic heterocycles. The van der Waals surface area contributed by atoms with Gasteiger partial charge in [-0.15, -0.1) is 0 Å². The van der Waals surface area contributed by atoms with Gasteiger partial charge in [0.1, 0.15) is 0 Å². The van der Waals surface area contributed by atoms with Crippen LogP contribution in [0.15, 0.2) is 24.6 Å². The van der Waals surface area contributed by atoms with Crippen molar-refractivity contribution in [2.24, 2.45) is 5.92 Å². The Morgan fingerprint density at radius 3 is 2.10 bits per heavy atom. The fraction of sp³-hybridized carbons (Fsp3) is 0.556. The van der Waals surface area contributed by atoms with Crippen LogP contribution in [0.5, 0.6) is 0 Å². The summed E-state index contributed by atoms with van der Waals surface area (Å²) in [6.45, 7) is 10.1. The molecule has 0 aromatic carbocycles. The van der Waals surface area contributed by atoms with Gasteiger partial charge < -0.3 is 4.90 Å². The van der Waals surface area contributed by atoms with Gasteiger partial charge in [0, 0.05) is 12.7 Å². The first-order valence-electron chi connectivity index (χ1n) is 3.65. The van der Waals surface area contributed by atoms with E-state index in [-0.39, 0.29) is 0 Å². The average Bonchev–Trinajstić information content (AvgIpc) is 1.88. The highest BCUT2D eigenvalue weighted by Gasteiger charge is 2.03. The Hall–Kier alpha value is -0.720. The highest BCUT2D eigenvalue weighted by molar-refractivity contribution is 5.04.